The zero-order valence-corrected chi connectivity index (χ0v) is 10.0. The predicted molar refractivity (Wildman–Crippen MR) is 61.2 cm³/mol. The van der Waals surface area contributed by atoms with Crippen molar-refractivity contribution >= 4 is 0 Å². The smallest absolute Gasteiger partial charge is 0.0524 e. The molecule has 0 amide bonds. The van der Waals surface area contributed by atoms with Crippen LogP contribution in [0.3, 0.4) is 0 Å². The molecule has 14 heavy (non-hydrogen) atoms. The summed E-state index contributed by atoms with van der Waals surface area (Å²) in [6.07, 6.45) is 1.68. The summed E-state index contributed by atoms with van der Waals surface area (Å²) in [4.78, 5) is 2.23. The Kier molecular flexibility index (Phi) is 7.15. The third kappa shape index (κ3) is 7.30. The van der Waals surface area contributed by atoms with Crippen LogP contribution in [0.4, 0.5) is 0 Å². The average Bonchev–Trinajstić information content (AvgIpc) is 2.10. The summed E-state index contributed by atoms with van der Waals surface area (Å²) in [5.74, 6) is 0.556. The normalized spacial score (nSPS) is 16.3. The van der Waals surface area contributed by atoms with Gasteiger partial charge in [-0.2, -0.15) is 0 Å². The lowest BCUT2D eigenvalue weighted by Crippen LogP contribution is -2.32. The largest absolute Gasteiger partial charge is 0.393 e. The van der Waals surface area contributed by atoms with E-state index in [4.69, 9.17) is 10.8 Å². The van der Waals surface area contributed by atoms with E-state index in [1.807, 2.05) is 6.92 Å². The molecule has 0 spiro atoms. The van der Waals surface area contributed by atoms with E-state index in [9.17, 15) is 0 Å². The Bertz CT molecular complexity index is 137. The Morgan fingerprint density at radius 3 is 2.07 bits per heavy atom. The first kappa shape index (κ1) is 13.9. The minimum atomic E-state index is -0.198. The Labute approximate surface area is 88.3 Å². The van der Waals surface area contributed by atoms with Crippen LogP contribution in [0.1, 0.15) is 33.6 Å². The highest BCUT2D eigenvalue weighted by molar-refractivity contribution is 4.67. The second-order valence-corrected chi connectivity index (χ2v) is 4.64. The number of aliphatic hydroxyl groups excluding tert-OH is 1. The molecule has 2 atom stereocenters. The van der Waals surface area contributed by atoms with E-state index in [2.05, 4.69) is 25.8 Å². The average molecular weight is 202 g/mol. The Morgan fingerprint density at radius 2 is 1.64 bits per heavy atom. The zero-order chi connectivity index (χ0) is 11.1. The minimum absolute atomic E-state index is 0.198. The lowest BCUT2D eigenvalue weighted by molar-refractivity contribution is 0.163. The standard InChI is InChI=1S/C11H26N2O/c1-9(2)11(12)6-8-13(4)7-5-10(3)14/h9-11,14H,5-8,12H2,1-4H3. The molecule has 0 bridgehead atoms. The maximum atomic E-state index is 9.12. The first-order valence-corrected chi connectivity index (χ1v) is 5.55. The molecule has 0 saturated carbocycles. The number of hydrogen-bond donors (Lipinski definition) is 2. The van der Waals surface area contributed by atoms with Gasteiger partial charge in [0.2, 0.25) is 0 Å². The van der Waals surface area contributed by atoms with Gasteiger partial charge in [-0.05, 0) is 39.3 Å². The number of rotatable bonds is 7. The molecule has 0 aromatic heterocycles. The third-order valence-corrected chi connectivity index (χ3v) is 2.63. The summed E-state index contributed by atoms with van der Waals surface area (Å²) in [5, 5.41) is 9.12. The molecule has 0 aromatic rings. The molecule has 3 heteroatoms. The summed E-state index contributed by atoms with van der Waals surface area (Å²) in [6, 6.07) is 0.295. The molecule has 0 aliphatic rings. The molecule has 3 nitrogen and oxygen atoms in total. The Balaban J connectivity index is 3.48. The third-order valence-electron chi connectivity index (χ3n) is 2.63. The number of nitrogens with zero attached hydrogens (tertiary/aromatic N) is 1. The van der Waals surface area contributed by atoms with Crippen LogP contribution >= 0.6 is 0 Å². The van der Waals surface area contributed by atoms with Gasteiger partial charge in [-0.25, -0.2) is 0 Å². The highest BCUT2D eigenvalue weighted by atomic mass is 16.3. The summed E-state index contributed by atoms with van der Waals surface area (Å²) >= 11 is 0. The number of nitrogens with two attached hydrogens (primary N) is 1. The lowest BCUT2D eigenvalue weighted by Gasteiger charge is -2.21. The Hall–Kier alpha value is -0.120. The van der Waals surface area contributed by atoms with Crippen LogP contribution in [-0.4, -0.2) is 42.3 Å². The molecule has 0 rings (SSSR count). The van der Waals surface area contributed by atoms with Gasteiger partial charge < -0.3 is 15.7 Å². The fraction of sp³-hybridized carbons (Fsp3) is 1.00. The van der Waals surface area contributed by atoms with Crippen LogP contribution in [0.5, 0.6) is 0 Å². The van der Waals surface area contributed by atoms with Crippen LogP contribution in [0, 0.1) is 5.92 Å². The van der Waals surface area contributed by atoms with E-state index in [0.29, 0.717) is 12.0 Å². The molecule has 0 radical (unpaired) electrons. The van der Waals surface area contributed by atoms with E-state index < -0.39 is 0 Å². The van der Waals surface area contributed by atoms with E-state index in [1.165, 1.54) is 0 Å². The molecule has 0 saturated heterocycles. The van der Waals surface area contributed by atoms with Crippen molar-refractivity contribution in [2.24, 2.45) is 11.7 Å². The summed E-state index contributed by atoms with van der Waals surface area (Å²) in [5.41, 5.74) is 5.94. The van der Waals surface area contributed by atoms with Gasteiger partial charge in [-0.1, -0.05) is 13.8 Å². The summed E-state index contributed by atoms with van der Waals surface area (Å²) < 4.78 is 0. The summed E-state index contributed by atoms with van der Waals surface area (Å²) in [6.45, 7) is 8.10. The van der Waals surface area contributed by atoms with Crippen molar-refractivity contribution in [3.63, 3.8) is 0 Å². The number of hydrogen-bond acceptors (Lipinski definition) is 3. The molecule has 3 N–H and O–H groups in total. The van der Waals surface area contributed by atoms with Crippen molar-refractivity contribution in [1.29, 1.82) is 0 Å². The van der Waals surface area contributed by atoms with Gasteiger partial charge in [0.25, 0.3) is 0 Å². The van der Waals surface area contributed by atoms with Crippen molar-refractivity contribution in [3.05, 3.63) is 0 Å². The van der Waals surface area contributed by atoms with Gasteiger partial charge in [0.15, 0.2) is 0 Å². The van der Waals surface area contributed by atoms with Gasteiger partial charge in [0.05, 0.1) is 6.10 Å². The fourth-order valence-corrected chi connectivity index (χ4v) is 1.22. The highest BCUT2D eigenvalue weighted by Gasteiger charge is 2.08. The molecule has 0 aliphatic carbocycles. The van der Waals surface area contributed by atoms with Crippen molar-refractivity contribution in [2.75, 3.05) is 20.1 Å². The van der Waals surface area contributed by atoms with Gasteiger partial charge in [0, 0.05) is 12.6 Å². The monoisotopic (exact) mass is 202 g/mol. The lowest BCUT2D eigenvalue weighted by atomic mass is 10.0. The van der Waals surface area contributed by atoms with Crippen LogP contribution in [-0.2, 0) is 0 Å². The summed E-state index contributed by atoms with van der Waals surface area (Å²) in [7, 11) is 2.08. The van der Waals surface area contributed by atoms with Gasteiger partial charge in [-0.15, -0.1) is 0 Å². The van der Waals surface area contributed by atoms with E-state index in [0.717, 1.165) is 25.9 Å². The topological polar surface area (TPSA) is 49.5 Å². The molecular formula is C11H26N2O. The maximum Gasteiger partial charge on any atom is 0.0524 e. The minimum Gasteiger partial charge on any atom is -0.393 e. The highest BCUT2D eigenvalue weighted by Crippen LogP contribution is 2.04. The molecule has 0 aromatic carbocycles. The molecule has 0 aliphatic heterocycles. The van der Waals surface area contributed by atoms with Crippen molar-refractivity contribution < 1.29 is 5.11 Å². The van der Waals surface area contributed by atoms with Gasteiger partial charge in [-0.3, -0.25) is 0 Å². The zero-order valence-electron chi connectivity index (χ0n) is 10.0. The fourth-order valence-electron chi connectivity index (χ4n) is 1.22. The first-order valence-electron chi connectivity index (χ1n) is 5.55. The van der Waals surface area contributed by atoms with Crippen molar-refractivity contribution in [3.8, 4) is 0 Å². The van der Waals surface area contributed by atoms with Gasteiger partial charge in [0.1, 0.15) is 0 Å². The molecule has 2 unspecified atom stereocenters. The predicted octanol–water partition coefficient (Wildman–Crippen LogP) is 1.06. The van der Waals surface area contributed by atoms with Crippen LogP contribution < -0.4 is 5.73 Å². The van der Waals surface area contributed by atoms with E-state index >= 15 is 0 Å². The molecule has 0 fully saturated rings. The quantitative estimate of drug-likeness (QED) is 0.649. The maximum absolute atomic E-state index is 9.12. The SMILES string of the molecule is CC(O)CCN(C)CCC(N)C(C)C. The van der Waals surface area contributed by atoms with Crippen molar-refractivity contribution in [1.82, 2.24) is 4.90 Å². The second kappa shape index (κ2) is 7.21. The molecule has 86 valence electrons. The van der Waals surface area contributed by atoms with Gasteiger partial charge >= 0.3 is 0 Å². The van der Waals surface area contributed by atoms with E-state index in [-0.39, 0.29) is 6.10 Å². The molecular weight excluding hydrogens is 176 g/mol. The van der Waals surface area contributed by atoms with Crippen LogP contribution in [0.2, 0.25) is 0 Å². The second-order valence-electron chi connectivity index (χ2n) is 4.64. The molecule has 0 heterocycles. The van der Waals surface area contributed by atoms with Crippen LogP contribution in [0.15, 0.2) is 0 Å². The first-order chi connectivity index (χ1) is 6.43. The van der Waals surface area contributed by atoms with E-state index in [1.54, 1.807) is 0 Å². The number of aliphatic hydroxyl groups is 1. The van der Waals surface area contributed by atoms with Crippen molar-refractivity contribution in [2.45, 2.75) is 45.8 Å². The Morgan fingerprint density at radius 1 is 1.14 bits per heavy atom. The van der Waals surface area contributed by atoms with Crippen LogP contribution in [0.25, 0.3) is 0 Å².